The van der Waals surface area contributed by atoms with Crippen LogP contribution in [0.25, 0.3) is 11.0 Å². The van der Waals surface area contributed by atoms with Gasteiger partial charge in [0.1, 0.15) is 23.3 Å². The van der Waals surface area contributed by atoms with E-state index in [1.165, 1.54) is 12.7 Å². The van der Waals surface area contributed by atoms with Gasteiger partial charge in [-0.25, -0.2) is 0 Å². The Morgan fingerprint density at radius 3 is 2.47 bits per heavy atom. The van der Waals surface area contributed by atoms with Crippen molar-refractivity contribution in [2.24, 2.45) is 0 Å². The van der Waals surface area contributed by atoms with Crippen molar-refractivity contribution < 1.29 is 18.7 Å². The zero-order valence-electron chi connectivity index (χ0n) is 17.3. The standard InChI is InChI=1S/C24H25NO5/c1-16-10-17(2)12-19(11-16)30-22-14-29-21-13-18(6-7-20(21)24(22)27)28-15-23(26)25-8-4-3-5-9-25/h6-7,10-14H,3-5,8-9,15H2,1-2H3. The fourth-order valence-electron chi connectivity index (χ4n) is 3.75. The number of benzene rings is 2. The molecule has 0 saturated carbocycles. The van der Waals surface area contributed by atoms with E-state index in [-0.39, 0.29) is 23.7 Å². The summed E-state index contributed by atoms with van der Waals surface area (Å²) in [7, 11) is 0. The molecule has 6 nitrogen and oxygen atoms in total. The summed E-state index contributed by atoms with van der Waals surface area (Å²) < 4.78 is 17.0. The zero-order chi connectivity index (χ0) is 21.1. The molecule has 0 aliphatic carbocycles. The maximum absolute atomic E-state index is 12.8. The highest BCUT2D eigenvalue weighted by atomic mass is 16.5. The summed E-state index contributed by atoms with van der Waals surface area (Å²) >= 11 is 0. The Balaban J connectivity index is 1.49. The molecule has 1 amide bonds. The second kappa shape index (κ2) is 8.61. The minimum Gasteiger partial charge on any atom is -0.484 e. The van der Waals surface area contributed by atoms with E-state index >= 15 is 0 Å². The molecular weight excluding hydrogens is 382 g/mol. The zero-order valence-corrected chi connectivity index (χ0v) is 17.3. The summed E-state index contributed by atoms with van der Waals surface area (Å²) in [4.78, 5) is 26.9. The van der Waals surface area contributed by atoms with Crippen molar-refractivity contribution >= 4 is 16.9 Å². The largest absolute Gasteiger partial charge is 0.484 e. The molecule has 3 aromatic rings. The average molecular weight is 407 g/mol. The van der Waals surface area contributed by atoms with E-state index in [0.29, 0.717) is 22.5 Å². The first kappa shape index (κ1) is 20.0. The van der Waals surface area contributed by atoms with Crippen LogP contribution in [0.4, 0.5) is 0 Å². The fraction of sp³-hybridized carbons (Fsp3) is 0.333. The summed E-state index contributed by atoms with van der Waals surface area (Å²) in [6.07, 6.45) is 4.56. The van der Waals surface area contributed by atoms with Crippen LogP contribution < -0.4 is 14.9 Å². The van der Waals surface area contributed by atoms with Gasteiger partial charge in [0.25, 0.3) is 5.91 Å². The second-order valence-electron chi connectivity index (χ2n) is 7.74. The molecular formula is C24H25NO5. The molecule has 0 bridgehead atoms. The van der Waals surface area contributed by atoms with Gasteiger partial charge >= 0.3 is 0 Å². The third-order valence-electron chi connectivity index (χ3n) is 5.21. The van der Waals surface area contributed by atoms with Crippen LogP contribution in [0, 0.1) is 13.8 Å². The number of carbonyl (C=O) groups is 1. The first-order valence-corrected chi connectivity index (χ1v) is 10.2. The Hall–Kier alpha value is -3.28. The highest BCUT2D eigenvalue weighted by molar-refractivity contribution is 5.80. The monoisotopic (exact) mass is 407 g/mol. The van der Waals surface area contributed by atoms with Crippen LogP contribution in [0.5, 0.6) is 17.2 Å². The van der Waals surface area contributed by atoms with E-state index in [9.17, 15) is 9.59 Å². The minimum absolute atomic E-state index is 0.0200. The maximum atomic E-state index is 12.8. The van der Waals surface area contributed by atoms with E-state index in [4.69, 9.17) is 13.9 Å². The lowest BCUT2D eigenvalue weighted by molar-refractivity contribution is -0.134. The quantitative estimate of drug-likeness (QED) is 0.619. The van der Waals surface area contributed by atoms with Crippen molar-refractivity contribution in [1.29, 1.82) is 0 Å². The molecule has 1 aliphatic rings. The number of carbonyl (C=O) groups excluding carboxylic acids is 1. The van der Waals surface area contributed by atoms with Gasteiger partial charge in [-0.2, -0.15) is 0 Å². The van der Waals surface area contributed by atoms with Crippen molar-refractivity contribution in [1.82, 2.24) is 4.90 Å². The molecule has 0 spiro atoms. The Kier molecular flexibility index (Phi) is 5.74. The van der Waals surface area contributed by atoms with E-state index < -0.39 is 0 Å². The number of amides is 1. The Bertz CT molecular complexity index is 1110. The molecule has 1 aromatic heterocycles. The van der Waals surface area contributed by atoms with Crippen LogP contribution in [0.1, 0.15) is 30.4 Å². The number of piperidine rings is 1. The van der Waals surface area contributed by atoms with Crippen molar-refractivity contribution in [2.75, 3.05) is 19.7 Å². The smallest absolute Gasteiger partial charge is 0.260 e. The molecule has 1 aliphatic heterocycles. The van der Waals surface area contributed by atoms with Crippen LogP contribution in [0.15, 0.2) is 51.9 Å². The van der Waals surface area contributed by atoms with Crippen LogP contribution in [0.2, 0.25) is 0 Å². The highest BCUT2D eigenvalue weighted by Crippen LogP contribution is 2.25. The Morgan fingerprint density at radius 2 is 1.73 bits per heavy atom. The summed E-state index contributed by atoms with van der Waals surface area (Å²) in [5, 5.41) is 0.395. The summed E-state index contributed by atoms with van der Waals surface area (Å²) in [6, 6.07) is 10.7. The lowest BCUT2D eigenvalue weighted by Gasteiger charge is -2.26. The second-order valence-corrected chi connectivity index (χ2v) is 7.74. The average Bonchev–Trinajstić information content (AvgIpc) is 2.74. The third kappa shape index (κ3) is 4.48. The number of ether oxygens (including phenoxy) is 2. The topological polar surface area (TPSA) is 69.0 Å². The first-order chi connectivity index (χ1) is 14.5. The molecule has 4 rings (SSSR count). The van der Waals surface area contributed by atoms with Crippen molar-refractivity contribution in [2.45, 2.75) is 33.1 Å². The molecule has 0 atom stereocenters. The van der Waals surface area contributed by atoms with Gasteiger partial charge in [0.2, 0.25) is 11.2 Å². The predicted octanol–water partition coefficient (Wildman–Crippen LogP) is 4.59. The highest BCUT2D eigenvalue weighted by Gasteiger charge is 2.17. The number of rotatable bonds is 5. The number of hydrogen-bond donors (Lipinski definition) is 0. The molecule has 156 valence electrons. The number of hydrogen-bond acceptors (Lipinski definition) is 5. The minimum atomic E-state index is -0.258. The van der Waals surface area contributed by atoms with Crippen LogP contribution >= 0.6 is 0 Å². The number of fused-ring (bicyclic) bond motifs is 1. The lowest BCUT2D eigenvalue weighted by atomic mass is 10.1. The van der Waals surface area contributed by atoms with Gasteiger partial charge in [-0.15, -0.1) is 0 Å². The van der Waals surface area contributed by atoms with Gasteiger partial charge in [-0.3, -0.25) is 9.59 Å². The van der Waals surface area contributed by atoms with Gasteiger partial charge in [0.05, 0.1) is 5.39 Å². The van der Waals surface area contributed by atoms with Gasteiger partial charge in [-0.1, -0.05) is 6.07 Å². The number of likely N-dealkylation sites (tertiary alicyclic amines) is 1. The molecule has 0 unspecified atom stereocenters. The molecule has 6 heteroatoms. The Labute approximate surface area is 175 Å². The number of aryl methyl sites for hydroxylation is 2. The lowest BCUT2D eigenvalue weighted by Crippen LogP contribution is -2.38. The normalized spacial score (nSPS) is 14.0. The molecule has 2 heterocycles. The van der Waals surface area contributed by atoms with Crippen molar-refractivity contribution in [3.8, 4) is 17.2 Å². The van der Waals surface area contributed by atoms with E-state index in [2.05, 4.69) is 0 Å². The van der Waals surface area contributed by atoms with Crippen LogP contribution in [-0.4, -0.2) is 30.5 Å². The van der Waals surface area contributed by atoms with E-state index in [1.807, 2.05) is 36.9 Å². The maximum Gasteiger partial charge on any atom is 0.260 e. The van der Waals surface area contributed by atoms with Crippen molar-refractivity contribution in [3.63, 3.8) is 0 Å². The molecule has 30 heavy (non-hydrogen) atoms. The van der Waals surface area contributed by atoms with Gasteiger partial charge in [0, 0.05) is 19.2 Å². The van der Waals surface area contributed by atoms with E-state index in [1.54, 1.807) is 18.2 Å². The van der Waals surface area contributed by atoms with E-state index in [0.717, 1.165) is 37.1 Å². The summed E-state index contributed by atoms with van der Waals surface area (Å²) in [6.45, 7) is 5.50. The van der Waals surface area contributed by atoms with Crippen LogP contribution in [-0.2, 0) is 4.79 Å². The van der Waals surface area contributed by atoms with Gasteiger partial charge in [-0.05, 0) is 68.5 Å². The first-order valence-electron chi connectivity index (χ1n) is 10.2. The van der Waals surface area contributed by atoms with Crippen molar-refractivity contribution in [3.05, 3.63) is 64.0 Å². The number of nitrogens with zero attached hydrogens (tertiary/aromatic N) is 1. The fourth-order valence-corrected chi connectivity index (χ4v) is 3.75. The van der Waals surface area contributed by atoms with Gasteiger partial charge in [0.15, 0.2) is 6.61 Å². The summed E-state index contributed by atoms with van der Waals surface area (Å²) in [5.41, 5.74) is 2.23. The molecule has 1 saturated heterocycles. The molecule has 1 fully saturated rings. The molecule has 2 aromatic carbocycles. The SMILES string of the molecule is Cc1cc(C)cc(Oc2coc3cc(OCC(=O)N4CCCCC4)ccc3c2=O)c1. The Morgan fingerprint density at radius 1 is 1.00 bits per heavy atom. The third-order valence-corrected chi connectivity index (χ3v) is 5.21. The van der Waals surface area contributed by atoms with Gasteiger partial charge < -0.3 is 18.8 Å². The molecule has 0 radical (unpaired) electrons. The molecule has 0 N–H and O–H groups in total. The predicted molar refractivity (Wildman–Crippen MR) is 114 cm³/mol. The van der Waals surface area contributed by atoms with Crippen LogP contribution in [0.3, 0.4) is 0 Å². The summed E-state index contributed by atoms with van der Waals surface area (Å²) in [5.74, 6) is 1.18.